The summed E-state index contributed by atoms with van der Waals surface area (Å²) in [5.41, 5.74) is -1.17. The number of hydrogen-bond donors (Lipinski definition) is 2. The molecule has 1 saturated heterocycles. The van der Waals surface area contributed by atoms with Gasteiger partial charge in [-0.2, -0.15) is 0 Å². The van der Waals surface area contributed by atoms with Crippen LogP contribution in [0.3, 0.4) is 0 Å². The summed E-state index contributed by atoms with van der Waals surface area (Å²) < 4.78 is 5.60. The van der Waals surface area contributed by atoms with Crippen LogP contribution in [0, 0.1) is 0 Å². The largest absolute Gasteiger partial charge is 0.466 e. The molecular weight excluding hydrogens is 298 g/mol. The van der Waals surface area contributed by atoms with Crippen molar-refractivity contribution in [2.45, 2.75) is 25.4 Å². The zero-order valence-electron chi connectivity index (χ0n) is 12.9. The molecule has 0 bridgehead atoms. The number of anilines is 1. The Morgan fingerprint density at radius 1 is 1.30 bits per heavy atom. The standard InChI is InChI=1S/C16H19N3O4/c1-16(14(21)17-10-13(20)19-8-4-5-9-19)15(22)18-11-6-2-3-7-12(11)23-16/h2-3,6-7H,4-5,8-10H2,1H3,(H,17,21)(H,18,22). The molecule has 0 aliphatic carbocycles. The summed E-state index contributed by atoms with van der Waals surface area (Å²) in [7, 11) is 0. The molecule has 0 saturated carbocycles. The molecule has 3 rings (SSSR count). The van der Waals surface area contributed by atoms with E-state index in [1.165, 1.54) is 6.92 Å². The number of benzene rings is 1. The highest BCUT2D eigenvalue weighted by molar-refractivity contribution is 6.15. The van der Waals surface area contributed by atoms with Gasteiger partial charge in [-0.3, -0.25) is 14.4 Å². The molecular formula is C16H19N3O4. The third-order valence-electron chi connectivity index (χ3n) is 4.17. The molecule has 7 nitrogen and oxygen atoms in total. The van der Waals surface area contributed by atoms with E-state index in [1.807, 2.05) is 0 Å². The molecule has 2 aliphatic heterocycles. The van der Waals surface area contributed by atoms with Gasteiger partial charge in [0.1, 0.15) is 5.75 Å². The number of ether oxygens (including phenoxy) is 1. The van der Waals surface area contributed by atoms with Crippen LogP contribution in [0.25, 0.3) is 0 Å². The van der Waals surface area contributed by atoms with Crippen LogP contribution in [0.2, 0.25) is 0 Å². The topological polar surface area (TPSA) is 87.7 Å². The summed E-state index contributed by atoms with van der Waals surface area (Å²) in [5.74, 6) is -0.897. The molecule has 2 N–H and O–H groups in total. The van der Waals surface area contributed by atoms with E-state index in [4.69, 9.17) is 4.74 Å². The van der Waals surface area contributed by atoms with Gasteiger partial charge in [-0.25, -0.2) is 0 Å². The minimum Gasteiger partial charge on any atom is -0.466 e. The maximum absolute atomic E-state index is 12.4. The number of amides is 3. The Kier molecular flexibility index (Phi) is 3.94. The van der Waals surface area contributed by atoms with Crippen molar-refractivity contribution in [3.05, 3.63) is 24.3 Å². The van der Waals surface area contributed by atoms with Crippen molar-refractivity contribution in [3.8, 4) is 5.75 Å². The van der Waals surface area contributed by atoms with Crippen molar-refractivity contribution >= 4 is 23.4 Å². The summed E-state index contributed by atoms with van der Waals surface area (Å²) in [6.45, 7) is 2.70. The molecule has 7 heteroatoms. The van der Waals surface area contributed by atoms with Crippen LogP contribution >= 0.6 is 0 Å². The first-order valence-electron chi connectivity index (χ1n) is 7.66. The minimum absolute atomic E-state index is 0.132. The number of fused-ring (bicyclic) bond motifs is 1. The predicted octanol–water partition coefficient (Wildman–Crippen LogP) is 0.515. The Morgan fingerprint density at radius 3 is 2.74 bits per heavy atom. The number of carbonyl (C=O) groups excluding carboxylic acids is 3. The molecule has 122 valence electrons. The fraction of sp³-hybridized carbons (Fsp3) is 0.438. The van der Waals surface area contributed by atoms with Gasteiger partial charge in [0.2, 0.25) is 5.91 Å². The summed E-state index contributed by atoms with van der Waals surface area (Å²) in [5, 5.41) is 5.17. The number of rotatable bonds is 3. The van der Waals surface area contributed by atoms with Gasteiger partial charge in [-0.05, 0) is 31.9 Å². The van der Waals surface area contributed by atoms with Crippen LogP contribution in [0.15, 0.2) is 24.3 Å². The zero-order chi connectivity index (χ0) is 16.4. The number of carbonyl (C=O) groups is 3. The van der Waals surface area contributed by atoms with E-state index in [-0.39, 0.29) is 12.5 Å². The van der Waals surface area contributed by atoms with E-state index in [1.54, 1.807) is 29.2 Å². The molecule has 23 heavy (non-hydrogen) atoms. The van der Waals surface area contributed by atoms with Gasteiger partial charge < -0.3 is 20.3 Å². The molecule has 1 aromatic rings. The van der Waals surface area contributed by atoms with Gasteiger partial charge >= 0.3 is 0 Å². The minimum atomic E-state index is -1.69. The van der Waals surface area contributed by atoms with E-state index in [0.29, 0.717) is 11.4 Å². The monoisotopic (exact) mass is 317 g/mol. The van der Waals surface area contributed by atoms with Crippen LogP contribution < -0.4 is 15.4 Å². The van der Waals surface area contributed by atoms with E-state index in [2.05, 4.69) is 10.6 Å². The third-order valence-corrected chi connectivity index (χ3v) is 4.17. The van der Waals surface area contributed by atoms with Crippen molar-refractivity contribution < 1.29 is 19.1 Å². The maximum atomic E-state index is 12.4. The lowest BCUT2D eigenvalue weighted by Crippen LogP contribution is -2.59. The summed E-state index contributed by atoms with van der Waals surface area (Å²) in [4.78, 5) is 38.3. The van der Waals surface area contributed by atoms with Gasteiger partial charge in [0.15, 0.2) is 0 Å². The van der Waals surface area contributed by atoms with Crippen LogP contribution in [0.5, 0.6) is 5.75 Å². The normalized spacial score (nSPS) is 22.8. The lowest BCUT2D eigenvalue weighted by atomic mass is 10.0. The van der Waals surface area contributed by atoms with Crippen molar-refractivity contribution in [1.82, 2.24) is 10.2 Å². The Bertz CT molecular complexity index is 654. The van der Waals surface area contributed by atoms with Crippen molar-refractivity contribution in [2.24, 2.45) is 0 Å². The summed E-state index contributed by atoms with van der Waals surface area (Å²) >= 11 is 0. The van der Waals surface area contributed by atoms with E-state index in [9.17, 15) is 14.4 Å². The zero-order valence-corrected chi connectivity index (χ0v) is 12.9. The lowest BCUT2D eigenvalue weighted by Gasteiger charge is -2.33. The Balaban J connectivity index is 1.66. The third kappa shape index (κ3) is 2.86. The molecule has 1 aromatic carbocycles. The summed E-state index contributed by atoms with van der Waals surface area (Å²) in [6.07, 6.45) is 1.97. The van der Waals surface area contributed by atoms with E-state index in [0.717, 1.165) is 25.9 Å². The van der Waals surface area contributed by atoms with Gasteiger partial charge in [0, 0.05) is 13.1 Å². The molecule has 1 atom stereocenters. The predicted molar refractivity (Wildman–Crippen MR) is 82.9 cm³/mol. The molecule has 0 radical (unpaired) electrons. The average Bonchev–Trinajstić information content (AvgIpc) is 3.08. The number of nitrogens with one attached hydrogen (secondary N) is 2. The number of para-hydroxylation sites is 2. The Hall–Kier alpha value is -2.57. The second-order valence-electron chi connectivity index (χ2n) is 5.86. The molecule has 1 fully saturated rings. The van der Waals surface area contributed by atoms with Crippen LogP contribution in [0.1, 0.15) is 19.8 Å². The van der Waals surface area contributed by atoms with Crippen molar-refractivity contribution in [2.75, 3.05) is 25.0 Å². The first-order chi connectivity index (χ1) is 11.0. The number of likely N-dealkylation sites (tertiary alicyclic amines) is 1. The lowest BCUT2D eigenvalue weighted by molar-refractivity contribution is -0.148. The molecule has 3 amide bonds. The van der Waals surface area contributed by atoms with Gasteiger partial charge in [0.05, 0.1) is 12.2 Å². The second-order valence-corrected chi connectivity index (χ2v) is 5.86. The first kappa shape index (κ1) is 15.3. The molecule has 0 aromatic heterocycles. The maximum Gasteiger partial charge on any atom is 0.278 e. The smallest absolute Gasteiger partial charge is 0.278 e. The average molecular weight is 317 g/mol. The second kappa shape index (κ2) is 5.91. The van der Waals surface area contributed by atoms with Crippen LogP contribution in [-0.4, -0.2) is 47.9 Å². The van der Waals surface area contributed by atoms with E-state index >= 15 is 0 Å². The van der Waals surface area contributed by atoms with Gasteiger partial charge in [0.25, 0.3) is 17.4 Å². The Morgan fingerprint density at radius 2 is 2.00 bits per heavy atom. The molecule has 2 heterocycles. The van der Waals surface area contributed by atoms with Gasteiger partial charge in [-0.1, -0.05) is 12.1 Å². The van der Waals surface area contributed by atoms with Crippen molar-refractivity contribution in [1.29, 1.82) is 0 Å². The van der Waals surface area contributed by atoms with Crippen LogP contribution in [0.4, 0.5) is 5.69 Å². The SMILES string of the molecule is CC1(C(=O)NCC(=O)N2CCCC2)Oc2ccccc2NC1=O. The number of nitrogens with zero attached hydrogens (tertiary/aromatic N) is 1. The van der Waals surface area contributed by atoms with Gasteiger partial charge in [-0.15, -0.1) is 0 Å². The van der Waals surface area contributed by atoms with E-state index < -0.39 is 17.4 Å². The fourth-order valence-corrected chi connectivity index (χ4v) is 2.72. The quantitative estimate of drug-likeness (QED) is 0.795. The highest BCUT2D eigenvalue weighted by Crippen LogP contribution is 2.33. The summed E-state index contributed by atoms with van der Waals surface area (Å²) in [6, 6.07) is 6.89. The molecule has 0 spiro atoms. The number of hydrogen-bond acceptors (Lipinski definition) is 4. The first-order valence-corrected chi connectivity index (χ1v) is 7.66. The highest BCUT2D eigenvalue weighted by atomic mass is 16.5. The van der Waals surface area contributed by atoms with Crippen LogP contribution in [-0.2, 0) is 14.4 Å². The fourth-order valence-electron chi connectivity index (χ4n) is 2.72. The molecule has 1 unspecified atom stereocenters. The highest BCUT2D eigenvalue weighted by Gasteiger charge is 2.47. The molecule has 2 aliphatic rings. The Labute approximate surface area is 134 Å². The van der Waals surface area contributed by atoms with Crippen molar-refractivity contribution in [3.63, 3.8) is 0 Å².